The first-order chi connectivity index (χ1) is 9.59. The van der Waals surface area contributed by atoms with E-state index in [2.05, 4.69) is 0 Å². The summed E-state index contributed by atoms with van der Waals surface area (Å²) in [7, 11) is 0. The molecule has 0 fully saturated rings. The average molecular weight is 289 g/mol. The molecule has 1 N–H and O–H groups in total. The van der Waals surface area contributed by atoms with Crippen LogP contribution in [0.15, 0.2) is 23.6 Å². The minimum atomic E-state index is -0.810. The molecule has 3 heterocycles. The highest BCUT2D eigenvalue weighted by molar-refractivity contribution is 7.12. The van der Waals surface area contributed by atoms with Gasteiger partial charge in [0.05, 0.1) is 16.5 Å². The van der Waals surface area contributed by atoms with Gasteiger partial charge in [0, 0.05) is 12.2 Å². The Morgan fingerprint density at radius 2 is 2.15 bits per heavy atom. The number of nitrogens with zero attached hydrogens (tertiary/aromatic N) is 1. The summed E-state index contributed by atoms with van der Waals surface area (Å²) in [6, 6.07) is 5.48. The van der Waals surface area contributed by atoms with E-state index in [1.54, 1.807) is 12.1 Å². The van der Waals surface area contributed by atoms with E-state index >= 15 is 0 Å². The van der Waals surface area contributed by atoms with Gasteiger partial charge in [-0.05, 0) is 48.9 Å². The molecular formula is C15H15NO3S. The number of aliphatic carboxylic acids is 1. The second-order valence-corrected chi connectivity index (χ2v) is 6.01. The van der Waals surface area contributed by atoms with Crippen molar-refractivity contribution >= 4 is 23.1 Å². The normalized spacial score (nSPS) is 17.8. The Balaban J connectivity index is 2.03. The zero-order chi connectivity index (χ0) is 14.3. The van der Waals surface area contributed by atoms with E-state index in [1.807, 2.05) is 22.9 Å². The lowest BCUT2D eigenvalue weighted by Crippen LogP contribution is -2.23. The summed E-state index contributed by atoms with van der Waals surface area (Å²) in [5, 5.41) is 11.2. The van der Waals surface area contributed by atoms with Crippen molar-refractivity contribution in [2.24, 2.45) is 0 Å². The van der Waals surface area contributed by atoms with Crippen LogP contribution in [0.2, 0.25) is 0 Å². The highest BCUT2D eigenvalue weighted by atomic mass is 32.1. The third kappa shape index (κ3) is 1.98. The quantitative estimate of drug-likeness (QED) is 0.883. The van der Waals surface area contributed by atoms with E-state index in [-0.39, 0.29) is 5.78 Å². The van der Waals surface area contributed by atoms with Crippen molar-refractivity contribution in [1.82, 2.24) is 4.57 Å². The molecule has 0 saturated carbocycles. The molecular weight excluding hydrogens is 274 g/mol. The SMILES string of the molecule is Cc1ccsc1C(=O)c1ccc2n1CCCC2C(=O)O. The number of carbonyl (C=O) groups excluding carboxylic acids is 1. The molecule has 5 heteroatoms. The van der Waals surface area contributed by atoms with Crippen molar-refractivity contribution in [3.05, 3.63) is 45.4 Å². The summed E-state index contributed by atoms with van der Waals surface area (Å²) in [6.45, 7) is 2.64. The van der Waals surface area contributed by atoms with Gasteiger partial charge in [0.1, 0.15) is 0 Å². The van der Waals surface area contributed by atoms with Gasteiger partial charge in [-0.3, -0.25) is 9.59 Å². The Morgan fingerprint density at radius 3 is 2.80 bits per heavy atom. The maximum atomic E-state index is 12.6. The Hall–Kier alpha value is -1.88. The first-order valence-corrected chi connectivity index (χ1v) is 7.48. The molecule has 0 bridgehead atoms. The summed E-state index contributed by atoms with van der Waals surface area (Å²) in [6.07, 6.45) is 1.44. The zero-order valence-corrected chi connectivity index (χ0v) is 11.9. The van der Waals surface area contributed by atoms with Crippen LogP contribution in [0.5, 0.6) is 0 Å². The minimum absolute atomic E-state index is 0.00483. The smallest absolute Gasteiger partial charge is 0.312 e. The molecule has 1 aliphatic heterocycles. The lowest BCUT2D eigenvalue weighted by atomic mass is 9.96. The van der Waals surface area contributed by atoms with Crippen LogP contribution in [0.3, 0.4) is 0 Å². The molecule has 0 saturated heterocycles. The van der Waals surface area contributed by atoms with Gasteiger partial charge < -0.3 is 9.67 Å². The van der Waals surface area contributed by atoms with E-state index < -0.39 is 11.9 Å². The van der Waals surface area contributed by atoms with Crippen molar-refractivity contribution in [1.29, 1.82) is 0 Å². The summed E-state index contributed by atoms with van der Waals surface area (Å²) in [4.78, 5) is 24.6. The van der Waals surface area contributed by atoms with E-state index in [4.69, 9.17) is 0 Å². The number of aryl methyl sites for hydroxylation is 1. The van der Waals surface area contributed by atoms with Crippen LogP contribution in [-0.2, 0) is 11.3 Å². The molecule has 104 valence electrons. The number of thiophene rings is 1. The Labute approximate surface area is 120 Å². The third-order valence-corrected chi connectivity index (χ3v) is 4.86. The van der Waals surface area contributed by atoms with Crippen molar-refractivity contribution in [2.45, 2.75) is 32.2 Å². The Bertz CT molecular complexity index is 683. The summed E-state index contributed by atoms with van der Waals surface area (Å²) >= 11 is 1.43. The van der Waals surface area contributed by atoms with E-state index in [1.165, 1.54) is 11.3 Å². The Kier molecular flexibility index (Phi) is 3.22. The van der Waals surface area contributed by atoms with Gasteiger partial charge in [-0.25, -0.2) is 0 Å². The van der Waals surface area contributed by atoms with Gasteiger partial charge in [0.25, 0.3) is 0 Å². The molecule has 1 atom stereocenters. The summed E-state index contributed by atoms with van der Waals surface area (Å²) < 4.78 is 1.88. The first kappa shape index (κ1) is 13.1. The largest absolute Gasteiger partial charge is 0.481 e. The second-order valence-electron chi connectivity index (χ2n) is 5.09. The fraction of sp³-hybridized carbons (Fsp3) is 0.333. The summed E-state index contributed by atoms with van der Waals surface area (Å²) in [5.41, 5.74) is 2.33. The number of carbonyl (C=O) groups is 2. The number of carboxylic acids is 1. The van der Waals surface area contributed by atoms with Gasteiger partial charge in [-0.15, -0.1) is 11.3 Å². The standard InChI is InChI=1S/C15H15NO3S/c1-9-6-8-20-14(9)13(17)12-5-4-11-10(15(18)19)3-2-7-16(11)12/h4-6,8,10H,2-3,7H2,1H3,(H,18,19). The molecule has 20 heavy (non-hydrogen) atoms. The van der Waals surface area contributed by atoms with Gasteiger partial charge in [0.2, 0.25) is 5.78 Å². The van der Waals surface area contributed by atoms with Crippen LogP contribution >= 0.6 is 11.3 Å². The zero-order valence-electron chi connectivity index (χ0n) is 11.1. The van der Waals surface area contributed by atoms with Crippen molar-refractivity contribution in [2.75, 3.05) is 0 Å². The topological polar surface area (TPSA) is 59.3 Å². The van der Waals surface area contributed by atoms with Gasteiger partial charge >= 0.3 is 5.97 Å². The van der Waals surface area contributed by atoms with Crippen LogP contribution in [0.4, 0.5) is 0 Å². The third-order valence-electron chi connectivity index (χ3n) is 3.85. The number of hydrogen-bond acceptors (Lipinski definition) is 3. The Morgan fingerprint density at radius 1 is 1.35 bits per heavy atom. The van der Waals surface area contributed by atoms with Gasteiger partial charge in [0.15, 0.2) is 0 Å². The molecule has 2 aromatic rings. The van der Waals surface area contributed by atoms with E-state index in [0.717, 1.165) is 29.1 Å². The number of ketones is 1. The molecule has 1 unspecified atom stereocenters. The van der Waals surface area contributed by atoms with Gasteiger partial charge in [-0.1, -0.05) is 0 Å². The fourth-order valence-corrected chi connectivity index (χ4v) is 3.68. The lowest BCUT2D eigenvalue weighted by Gasteiger charge is -2.23. The minimum Gasteiger partial charge on any atom is -0.481 e. The molecule has 0 aromatic carbocycles. The maximum absolute atomic E-state index is 12.6. The van der Waals surface area contributed by atoms with Crippen molar-refractivity contribution < 1.29 is 14.7 Å². The van der Waals surface area contributed by atoms with Crippen LogP contribution in [0.25, 0.3) is 0 Å². The van der Waals surface area contributed by atoms with Crippen LogP contribution in [-0.4, -0.2) is 21.4 Å². The molecule has 0 spiro atoms. The number of carboxylic acid groups (broad SMARTS) is 1. The number of rotatable bonds is 3. The number of aromatic nitrogens is 1. The monoisotopic (exact) mass is 289 g/mol. The van der Waals surface area contributed by atoms with Crippen LogP contribution in [0, 0.1) is 6.92 Å². The molecule has 4 nitrogen and oxygen atoms in total. The van der Waals surface area contributed by atoms with Gasteiger partial charge in [-0.2, -0.15) is 0 Å². The molecule has 3 rings (SSSR count). The summed E-state index contributed by atoms with van der Waals surface area (Å²) in [5.74, 6) is -1.31. The molecule has 2 aromatic heterocycles. The van der Waals surface area contributed by atoms with Crippen LogP contribution < -0.4 is 0 Å². The van der Waals surface area contributed by atoms with Crippen molar-refractivity contribution in [3.8, 4) is 0 Å². The predicted octanol–water partition coefficient (Wildman–Crippen LogP) is 3.05. The van der Waals surface area contributed by atoms with E-state index in [0.29, 0.717) is 12.1 Å². The van der Waals surface area contributed by atoms with E-state index in [9.17, 15) is 14.7 Å². The molecule has 0 radical (unpaired) electrons. The first-order valence-electron chi connectivity index (χ1n) is 6.60. The molecule has 0 amide bonds. The lowest BCUT2D eigenvalue weighted by molar-refractivity contribution is -0.139. The average Bonchev–Trinajstić information content (AvgIpc) is 3.03. The number of fused-ring (bicyclic) bond motifs is 1. The molecule has 1 aliphatic rings. The molecule has 0 aliphatic carbocycles. The van der Waals surface area contributed by atoms with Crippen LogP contribution in [0.1, 0.15) is 45.4 Å². The number of hydrogen-bond donors (Lipinski definition) is 1. The van der Waals surface area contributed by atoms with Crippen molar-refractivity contribution in [3.63, 3.8) is 0 Å². The predicted molar refractivity (Wildman–Crippen MR) is 76.5 cm³/mol. The highest BCUT2D eigenvalue weighted by Gasteiger charge is 2.29. The highest BCUT2D eigenvalue weighted by Crippen LogP contribution is 2.31. The fourth-order valence-electron chi connectivity index (χ4n) is 2.81. The second kappa shape index (κ2) is 4.90. The maximum Gasteiger partial charge on any atom is 0.312 e.